The molecule has 36 heavy (non-hydrogen) atoms. The van der Waals surface area contributed by atoms with E-state index in [0.29, 0.717) is 0 Å². The molecule has 0 amide bonds. The number of benzene rings is 3. The van der Waals surface area contributed by atoms with Gasteiger partial charge in [-0.1, -0.05) is 23.7 Å². The molecule has 0 radical (unpaired) electrons. The third-order valence-electron chi connectivity index (χ3n) is 7.05. The summed E-state index contributed by atoms with van der Waals surface area (Å²) in [5, 5.41) is 3.03. The Balaban J connectivity index is 0.00000267. The van der Waals surface area contributed by atoms with Gasteiger partial charge in [-0.05, 0) is 66.8 Å². The standard InChI is InChI=1S/C29H27ClNO4.HI/c1-32-25-11-10-21-22(5-3-4-18-6-8-20(30)9-7-18)28-23-15-27-26(34-17-35-27)14-19(23)12-13-31(28)16-24(21)29(25)33-2;/h6-11,14-16H,3-5,12-13,17H2,1-2H3;1H/q+1;/p-1. The maximum atomic E-state index is 6.08. The van der Waals surface area contributed by atoms with Crippen molar-refractivity contribution in [2.24, 2.45) is 0 Å². The molecule has 0 bridgehead atoms. The molecule has 0 fully saturated rings. The van der Waals surface area contributed by atoms with Gasteiger partial charge in [-0.15, -0.1) is 0 Å². The van der Waals surface area contributed by atoms with E-state index in [1.165, 1.54) is 33.3 Å². The number of halogens is 2. The fraction of sp³-hybridized carbons (Fsp3) is 0.276. The van der Waals surface area contributed by atoms with Gasteiger partial charge in [0.1, 0.15) is 0 Å². The third kappa shape index (κ3) is 4.34. The summed E-state index contributed by atoms with van der Waals surface area (Å²) < 4.78 is 25.2. The molecule has 2 aliphatic heterocycles. The number of aryl methyl sites for hydroxylation is 4. The summed E-state index contributed by atoms with van der Waals surface area (Å²) >= 11 is 6.08. The van der Waals surface area contributed by atoms with Gasteiger partial charge in [0.05, 0.1) is 25.2 Å². The summed E-state index contributed by atoms with van der Waals surface area (Å²) in [4.78, 5) is 0. The summed E-state index contributed by atoms with van der Waals surface area (Å²) in [6, 6.07) is 16.6. The van der Waals surface area contributed by atoms with E-state index in [4.69, 9.17) is 30.5 Å². The summed E-state index contributed by atoms with van der Waals surface area (Å²) in [5.74, 6) is 3.17. The largest absolute Gasteiger partial charge is 1.00 e. The van der Waals surface area contributed by atoms with Crippen LogP contribution in [0.2, 0.25) is 5.02 Å². The van der Waals surface area contributed by atoms with Crippen molar-refractivity contribution in [3.63, 3.8) is 0 Å². The first-order chi connectivity index (χ1) is 17.2. The highest BCUT2D eigenvalue weighted by molar-refractivity contribution is 6.30. The van der Waals surface area contributed by atoms with Crippen LogP contribution in [-0.4, -0.2) is 21.0 Å². The number of fused-ring (bicyclic) bond motifs is 5. The molecule has 1 aromatic heterocycles. The van der Waals surface area contributed by atoms with Crippen LogP contribution in [0, 0.1) is 0 Å². The lowest BCUT2D eigenvalue weighted by molar-refractivity contribution is -0.686. The number of hydrogen-bond donors (Lipinski definition) is 0. The zero-order valence-corrected chi connectivity index (χ0v) is 23.2. The van der Waals surface area contributed by atoms with Gasteiger partial charge in [-0.3, -0.25) is 0 Å². The average Bonchev–Trinajstić information content (AvgIpc) is 3.34. The minimum absolute atomic E-state index is 0. The summed E-state index contributed by atoms with van der Waals surface area (Å²) in [7, 11) is 3.39. The lowest BCUT2D eigenvalue weighted by atomic mass is 9.89. The fourth-order valence-electron chi connectivity index (χ4n) is 5.38. The molecule has 0 saturated heterocycles. The summed E-state index contributed by atoms with van der Waals surface area (Å²) in [5.41, 5.74) is 6.38. The molecule has 6 rings (SSSR count). The second-order valence-electron chi connectivity index (χ2n) is 9.00. The Kier molecular flexibility index (Phi) is 7.17. The van der Waals surface area contributed by atoms with Gasteiger partial charge < -0.3 is 42.9 Å². The van der Waals surface area contributed by atoms with Crippen LogP contribution in [0.5, 0.6) is 23.0 Å². The van der Waals surface area contributed by atoms with Gasteiger partial charge >= 0.3 is 0 Å². The number of rotatable bonds is 6. The van der Waals surface area contributed by atoms with Crippen LogP contribution in [0.25, 0.3) is 22.0 Å². The number of methoxy groups -OCH3 is 2. The van der Waals surface area contributed by atoms with Crippen LogP contribution >= 0.6 is 11.6 Å². The zero-order chi connectivity index (χ0) is 23.9. The third-order valence-corrected chi connectivity index (χ3v) is 7.30. The number of nitrogens with zero attached hydrogens (tertiary/aromatic N) is 1. The van der Waals surface area contributed by atoms with Crippen LogP contribution in [0.15, 0.2) is 54.7 Å². The van der Waals surface area contributed by atoms with Crippen molar-refractivity contribution in [1.29, 1.82) is 0 Å². The van der Waals surface area contributed by atoms with E-state index in [0.717, 1.165) is 65.6 Å². The highest BCUT2D eigenvalue weighted by atomic mass is 127. The monoisotopic (exact) mass is 615 g/mol. The molecule has 0 aliphatic carbocycles. The van der Waals surface area contributed by atoms with Gasteiger partial charge in [-0.25, -0.2) is 0 Å². The van der Waals surface area contributed by atoms with Crippen LogP contribution in [-0.2, 0) is 25.8 Å². The maximum absolute atomic E-state index is 6.08. The predicted molar refractivity (Wildman–Crippen MR) is 136 cm³/mol. The van der Waals surface area contributed by atoms with Crippen molar-refractivity contribution in [2.75, 3.05) is 21.0 Å². The van der Waals surface area contributed by atoms with Crippen LogP contribution in [0.3, 0.4) is 0 Å². The number of hydrogen-bond acceptors (Lipinski definition) is 4. The molecule has 0 unspecified atom stereocenters. The minimum atomic E-state index is 0. The average molecular weight is 616 g/mol. The van der Waals surface area contributed by atoms with Gasteiger partial charge in [0.2, 0.25) is 12.5 Å². The van der Waals surface area contributed by atoms with Gasteiger partial charge in [0.25, 0.3) is 0 Å². The van der Waals surface area contributed by atoms with E-state index < -0.39 is 0 Å². The Morgan fingerprint density at radius 2 is 1.69 bits per heavy atom. The molecule has 5 nitrogen and oxygen atoms in total. The second-order valence-corrected chi connectivity index (χ2v) is 9.44. The molecule has 7 heteroatoms. The molecule has 0 N–H and O–H groups in total. The molecule has 0 saturated carbocycles. The highest BCUT2D eigenvalue weighted by Gasteiger charge is 2.32. The molecular formula is C29H27ClINO4. The quantitative estimate of drug-likeness (QED) is 0.247. The molecule has 4 aromatic rings. The first kappa shape index (κ1) is 25.0. The molecule has 186 valence electrons. The van der Waals surface area contributed by atoms with Gasteiger partial charge in [-0.2, -0.15) is 4.57 Å². The minimum Gasteiger partial charge on any atom is -1.00 e. The Hall–Kier alpha value is -2.71. The van der Waals surface area contributed by atoms with Crippen molar-refractivity contribution in [3.8, 4) is 34.3 Å². The number of aromatic nitrogens is 1. The van der Waals surface area contributed by atoms with E-state index in [2.05, 4.69) is 41.1 Å². The zero-order valence-electron chi connectivity index (χ0n) is 20.3. The second kappa shape index (κ2) is 10.3. The molecule has 2 aliphatic rings. The van der Waals surface area contributed by atoms with Crippen LogP contribution in [0.1, 0.15) is 23.1 Å². The van der Waals surface area contributed by atoms with E-state index in [-0.39, 0.29) is 30.8 Å². The SMILES string of the molecule is COc1ccc2c(CCCc3ccc(Cl)cc3)c3[n+](cc2c1OC)CCc1cc2c(cc1-3)OCO2.[I-]. The lowest BCUT2D eigenvalue weighted by Gasteiger charge is -2.21. The van der Waals surface area contributed by atoms with Crippen LogP contribution in [0.4, 0.5) is 0 Å². The van der Waals surface area contributed by atoms with E-state index in [1.807, 2.05) is 18.2 Å². The molecule has 3 heterocycles. The maximum Gasteiger partial charge on any atom is 0.231 e. The Morgan fingerprint density at radius 1 is 0.917 bits per heavy atom. The normalized spacial score (nSPS) is 13.1. The fourth-order valence-corrected chi connectivity index (χ4v) is 5.51. The van der Waals surface area contributed by atoms with Crippen LogP contribution < -0.4 is 47.5 Å². The van der Waals surface area contributed by atoms with Crippen molar-refractivity contribution in [1.82, 2.24) is 0 Å². The lowest BCUT2D eigenvalue weighted by Crippen LogP contribution is -3.00. The van der Waals surface area contributed by atoms with Gasteiger partial charge in [0.15, 0.2) is 35.7 Å². The molecule has 3 aromatic carbocycles. The van der Waals surface area contributed by atoms with Gasteiger partial charge in [0, 0.05) is 22.4 Å². The number of ether oxygens (including phenoxy) is 4. The Morgan fingerprint density at radius 3 is 2.44 bits per heavy atom. The summed E-state index contributed by atoms with van der Waals surface area (Å²) in [6.07, 6.45) is 6.07. The number of pyridine rings is 1. The highest BCUT2D eigenvalue weighted by Crippen LogP contribution is 2.43. The van der Waals surface area contributed by atoms with Crippen molar-refractivity contribution >= 4 is 22.4 Å². The first-order valence-corrected chi connectivity index (χ1v) is 12.3. The summed E-state index contributed by atoms with van der Waals surface area (Å²) in [6.45, 7) is 1.17. The molecule has 0 atom stereocenters. The Bertz CT molecular complexity index is 1440. The first-order valence-electron chi connectivity index (χ1n) is 11.9. The molecule has 0 spiro atoms. The smallest absolute Gasteiger partial charge is 0.231 e. The van der Waals surface area contributed by atoms with E-state index in [9.17, 15) is 0 Å². The van der Waals surface area contributed by atoms with E-state index in [1.54, 1.807) is 14.2 Å². The van der Waals surface area contributed by atoms with Crippen molar-refractivity contribution in [3.05, 3.63) is 76.4 Å². The van der Waals surface area contributed by atoms with E-state index >= 15 is 0 Å². The predicted octanol–water partition coefficient (Wildman–Crippen LogP) is 2.93. The van der Waals surface area contributed by atoms with Crippen molar-refractivity contribution < 1.29 is 47.5 Å². The van der Waals surface area contributed by atoms with Crippen molar-refractivity contribution in [2.45, 2.75) is 32.2 Å². The topological polar surface area (TPSA) is 40.8 Å². The molecular weight excluding hydrogens is 589 g/mol. The Labute approximate surface area is 232 Å².